The molecule has 6 nitrogen and oxygen atoms in total. The van der Waals surface area contributed by atoms with E-state index in [0.29, 0.717) is 32.7 Å². The second-order valence-electron chi connectivity index (χ2n) is 7.49. The summed E-state index contributed by atoms with van der Waals surface area (Å²) in [6.45, 7) is 0. The highest BCUT2D eigenvalue weighted by molar-refractivity contribution is 6.35. The van der Waals surface area contributed by atoms with E-state index in [1.54, 1.807) is 42.5 Å². The molecule has 4 rings (SSSR count). The van der Waals surface area contributed by atoms with Crippen LogP contribution in [0.2, 0.25) is 10.0 Å². The normalized spacial score (nSPS) is 15.1. The smallest absolute Gasteiger partial charge is 0.251 e. The van der Waals surface area contributed by atoms with Crippen molar-refractivity contribution in [3.05, 3.63) is 94.2 Å². The highest BCUT2D eigenvalue weighted by Gasteiger charge is 2.37. The predicted molar refractivity (Wildman–Crippen MR) is 131 cm³/mol. The fraction of sp³-hybridized carbons (Fsp3) is 0.0800. The molecule has 172 valence electrons. The lowest BCUT2D eigenvalue weighted by molar-refractivity contribution is -0.124. The second-order valence-corrected chi connectivity index (χ2v) is 8.33. The molecule has 0 aromatic heterocycles. The predicted octanol–water partition coefficient (Wildman–Crippen LogP) is 5.53. The van der Waals surface area contributed by atoms with Crippen molar-refractivity contribution in [3.8, 4) is 0 Å². The van der Waals surface area contributed by atoms with E-state index in [2.05, 4.69) is 10.6 Å². The molecule has 1 aliphatic rings. The number of carbonyl (C=O) groups excluding carboxylic acids is 3. The van der Waals surface area contributed by atoms with Crippen molar-refractivity contribution in [1.82, 2.24) is 0 Å². The minimum absolute atomic E-state index is 0.307. The maximum absolute atomic E-state index is 13.3. The molecule has 0 bridgehead atoms. The van der Waals surface area contributed by atoms with Gasteiger partial charge in [0.25, 0.3) is 5.91 Å². The van der Waals surface area contributed by atoms with E-state index in [1.165, 1.54) is 41.3 Å². The molecule has 1 unspecified atom stereocenters. The fourth-order valence-electron chi connectivity index (χ4n) is 3.55. The van der Waals surface area contributed by atoms with Crippen LogP contribution in [0.15, 0.2) is 72.8 Å². The molecule has 1 heterocycles. The summed E-state index contributed by atoms with van der Waals surface area (Å²) in [5, 5.41) is 6.18. The van der Waals surface area contributed by atoms with E-state index in [0.717, 1.165) is 0 Å². The topological polar surface area (TPSA) is 78.5 Å². The fourth-order valence-corrected chi connectivity index (χ4v) is 4.02. The first kappa shape index (κ1) is 23.5. The molecule has 34 heavy (non-hydrogen) atoms. The van der Waals surface area contributed by atoms with Crippen LogP contribution in [-0.2, 0) is 14.4 Å². The number of nitrogens with one attached hydrogen (secondary N) is 2. The maximum Gasteiger partial charge on any atom is 0.251 e. The number of benzene rings is 3. The number of rotatable bonds is 5. The van der Waals surface area contributed by atoms with E-state index in [9.17, 15) is 18.8 Å². The number of nitrogens with zero attached hydrogens (tertiary/aromatic N) is 1. The second kappa shape index (κ2) is 10.1. The van der Waals surface area contributed by atoms with Crippen LogP contribution in [0, 0.1) is 5.82 Å². The molecule has 0 spiro atoms. The molecule has 3 aromatic carbocycles. The minimum atomic E-state index is -1.10. The number of carbonyl (C=O) groups is 3. The number of amides is 3. The van der Waals surface area contributed by atoms with Crippen molar-refractivity contribution < 1.29 is 18.8 Å². The Kier molecular flexibility index (Phi) is 6.95. The summed E-state index contributed by atoms with van der Waals surface area (Å²) >= 11 is 12.1. The van der Waals surface area contributed by atoms with Gasteiger partial charge in [0.15, 0.2) is 0 Å². The molecule has 0 radical (unpaired) electrons. The first-order valence-corrected chi connectivity index (χ1v) is 11.0. The van der Waals surface area contributed by atoms with Crippen molar-refractivity contribution in [1.29, 1.82) is 0 Å². The first-order valence-electron chi connectivity index (χ1n) is 10.2. The SMILES string of the molecule is O=C(CC1C(=O)Nc2ccccc2N1C(=O)C=Cc1ccc(Cl)cc1Cl)Nc1ccc(F)cc1. The van der Waals surface area contributed by atoms with Gasteiger partial charge < -0.3 is 10.6 Å². The van der Waals surface area contributed by atoms with Crippen LogP contribution in [-0.4, -0.2) is 23.8 Å². The lowest BCUT2D eigenvalue weighted by Gasteiger charge is -2.35. The minimum Gasteiger partial charge on any atom is -0.326 e. The van der Waals surface area contributed by atoms with Gasteiger partial charge in [-0.15, -0.1) is 0 Å². The van der Waals surface area contributed by atoms with Gasteiger partial charge in [-0.05, 0) is 60.2 Å². The zero-order chi connectivity index (χ0) is 24.2. The van der Waals surface area contributed by atoms with Gasteiger partial charge in [0.1, 0.15) is 11.9 Å². The summed E-state index contributed by atoms with van der Waals surface area (Å²) in [5.41, 5.74) is 1.85. The number of halogens is 3. The summed E-state index contributed by atoms with van der Waals surface area (Å²) in [4.78, 5) is 40.1. The first-order chi connectivity index (χ1) is 16.3. The summed E-state index contributed by atoms with van der Waals surface area (Å²) in [6, 6.07) is 15.8. The van der Waals surface area contributed by atoms with Gasteiger partial charge in [-0.25, -0.2) is 4.39 Å². The molecule has 0 saturated heterocycles. The third-order valence-electron chi connectivity index (χ3n) is 5.15. The van der Waals surface area contributed by atoms with Crippen LogP contribution in [0.4, 0.5) is 21.5 Å². The van der Waals surface area contributed by atoms with Crippen LogP contribution in [0.3, 0.4) is 0 Å². The lowest BCUT2D eigenvalue weighted by Crippen LogP contribution is -2.52. The van der Waals surface area contributed by atoms with Crippen molar-refractivity contribution in [2.24, 2.45) is 0 Å². The Bertz CT molecular complexity index is 1290. The van der Waals surface area contributed by atoms with Crippen LogP contribution in [0.1, 0.15) is 12.0 Å². The van der Waals surface area contributed by atoms with Gasteiger partial charge >= 0.3 is 0 Å². The van der Waals surface area contributed by atoms with Gasteiger partial charge in [-0.2, -0.15) is 0 Å². The molecular formula is C25H18Cl2FN3O3. The molecule has 1 aliphatic heterocycles. The van der Waals surface area contributed by atoms with Crippen LogP contribution in [0.25, 0.3) is 6.08 Å². The van der Waals surface area contributed by atoms with Crippen molar-refractivity contribution in [2.75, 3.05) is 15.5 Å². The van der Waals surface area contributed by atoms with Gasteiger partial charge in [0.2, 0.25) is 11.8 Å². The molecule has 0 aliphatic carbocycles. The highest BCUT2D eigenvalue weighted by atomic mass is 35.5. The van der Waals surface area contributed by atoms with Gasteiger partial charge in [-0.3, -0.25) is 19.3 Å². The van der Waals surface area contributed by atoms with Gasteiger partial charge in [0, 0.05) is 21.8 Å². The summed E-state index contributed by atoms with van der Waals surface area (Å²) < 4.78 is 13.1. The quantitative estimate of drug-likeness (QED) is 0.455. The Labute approximate surface area is 205 Å². The Morgan fingerprint density at radius 3 is 2.53 bits per heavy atom. The number of anilines is 3. The molecule has 3 aromatic rings. The van der Waals surface area contributed by atoms with E-state index in [4.69, 9.17) is 23.2 Å². The van der Waals surface area contributed by atoms with E-state index < -0.39 is 29.6 Å². The largest absolute Gasteiger partial charge is 0.326 e. The average molecular weight is 498 g/mol. The maximum atomic E-state index is 13.3. The number of para-hydroxylation sites is 2. The molecule has 0 saturated carbocycles. The molecule has 9 heteroatoms. The Morgan fingerprint density at radius 1 is 1.06 bits per heavy atom. The zero-order valence-corrected chi connectivity index (χ0v) is 19.1. The molecular weight excluding hydrogens is 480 g/mol. The molecule has 0 fully saturated rings. The van der Waals surface area contributed by atoms with Crippen molar-refractivity contribution in [3.63, 3.8) is 0 Å². The summed E-state index contributed by atoms with van der Waals surface area (Å²) in [7, 11) is 0. The molecule has 3 amide bonds. The van der Waals surface area contributed by atoms with E-state index >= 15 is 0 Å². The van der Waals surface area contributed by atoms with Gasteiger partial charge in [0.05, 0.1) is 17.8 Å². The third-order valence-corrected chi connectivity index (χ3v) is 5.71. The number of hydrogen-bond donors (Lipinski definition) is 2. The summed E-state index contributed by atoms with van der Waals surface area (Å²) in [6.07, 6.45) is 2.50. The highest BCUT2D eigenvalue weighted by Crippen LogP contribution is 2.33. The van der Waals surface area contributed by atoms with E-state index in [-0.39, 0.29) is 6.42 Å². The molecule has 1 atom stereocenters. The number of hydrogen-bond acceptors (Lipinski definition) is 3. The van der Waals surface area contributed by atoms with Crippen LogP contribution >= 0.6 is 23.2 Å². The lowest BCUT2D eigenvalue weighted by atomic mass is 10.0. The Hall–Kier alpha value is -3.68. The molecule has 2 N–H and O–H groups in total. The monoisotopic (exact) mass is 497 g/mol. The standard InChI is InChI=1S/C25H18Cl2FN3O3/c26-16-7-5-15(19(27)13-16)6-12-24(33)31-21-4-2-1-3-20(21)30-25(34)22(31)14-23(32)29-18-10-8-17(28)9-11-18/h1-13,22H,14H2,(H,29,32)(H,30,34). The number of fused-ring (bicyclic) bond motifs is 1. The summed E-state index contributed by atoms with van der Waals surface area (Å²) in [5.74, 6) is -1.95. The van der Waals surface area contributed by atoms with E-state index in [1.807, 2.05) is 0 Å². The van der Waals surface area contributed by atoms with Crippen molar-refractivity contribution >= 4 is 64.1 Å². The Balaban J connectivity index is 1.60. The third kappa shape index (κ3) is 5.27. The van der Waals surface area contributed by atoms with Gasteiger partial charge in [-0.1, -0.05) is 41.4 Å². The zero-order valence-electron chi connectivity index (χ0n) is 17.6. The van der Waals surface area contributed by atoms with Crippen LogP contribution in [0.5, 0.6) is 0 Å². The van der Waals surface area contributed by atoms with Crippen molar-refractivity contribution in [2.45, 2.75) is 12.5 Å². The Morgan fingerprint density at radius 2 is 1.79 bits per heavy atom. The average Bonchev–Trinajstić information content (AvgIpc) is 2.80. The van der Waals surface area contributed by atoms with Crippen LogP contribution < -0.4 is 15.5 Å².